The number of ketones is 1. The molecule has 0 saturated carbocycles. The summed E-state index contributed by atoms with van der Waals surface area (Å²) in [5, 5.41) is 9.69. The third-order valence-corrected chi connectivity index (χ3v) is 23.9. The van der Waals surface area contributed by atoms with Crippen molar-refractivity contribution in [1.29, 1.82) is 0 Å². The molecule has 2 aromatic heterocycles. The summed E-state index contributed by atoms with van der Waals surface area (Å²) in [7, 11) is -3.78. The molecule has 0 aliphatic carbocycles. The van der Waals surface area contributed by atoms with Crippen molar-refractivity contribution in [3.05, 3.63) is 375 Å². The van der Waals surface area contributed by atoms with Crippen LogP contribution in [0, 0.1) is 0 Å². The van der Waals surface area contributed by atoms with Crippen molar-refractivity contribution in [2.24, 2.45) is 0 Å². The average molecular weight is 1180 g/mol. The van der Waals surface area contributed by atoms with Gasteiger partial charge >= 0.3 is 485 Å². The molecule has 16 rings (SSSR count). The van der Waals surface area contributed by atoms with Crippen molar-refractivity contribution < 1.29 is 4.79 Å². The molecular weight excluding hydrogens is 1120 g/mol. The van der Waals surface area contributed by atoms with Gasteiger partial charge in [0, 0.05) is 0 Å². The number of hydrogen-bond acceptors (Lipinski definition) is 3. The quantitative estimate of drug-likeness (QED) is 0.0583. The summed E-state index contributed by atoms with van der Waals surface area (Å²) < 4.78 is 5.04. The zero-order valence-corrected chi connectivity index (χ0v) is 51.1. The standard InChI is InChI=1S/C85H61N4OSi/c90-85(62-28-8-1-9-29-62)76-45-23-22-42-73(76)61-48-52-71(53-49-61)91(69-38-18-6-19-39-69,70-40-20-7-21-41-70)72-54-57-83(88-79-46-26-24-43-74(79)77-58-67(50-55-81(77)88)86(63-30-10-2-11-31-63)64-32-12-3-13-33-64)84(60-72)89-80-47-27-25-44-75(80)78-59-68(51-56-82(78)89)87(65-34-14-4-15-35-65)66-36-16-5-17-37-66/h1-60,91H/q-1. The fourth-order valence-electron chi connectivity index (χ4n) is 14.4. The van der Waals surface area contributed by atoms with Crippen molar-refractivity contribution in [3.8, 4) is 22.5 Å². The van der Waals surface area contributed by atoms with Gasteiger partial charge in [0.15, 0.2) is 0 Å². The van der Waals surface area contributed by atoms with Crippen LogP contribution in [0.4, 0.5) is 34.1 Å². The first kappa shape index (κ1) is 54.5. The molecule has 0 aliphatic rings. The van der Waals surface area contributed by atoms with E-state index < -0.39 is 8.07 Å². The summed E-state index contributed by atoms with van der Waals surface area (Å²) in [6.45, 7) is 0. The third-order valence-electron chi connectivity index (χ3n) is 18.4. The molecule has 0 unspecified atom stereocenters. The first-order valence-corrected chi connectivity index (χ1v) is 33.5. The minimum atomic E-state index is -3.78. The van der Waals surface area contributed by atoms with Gasteiger partial charge in [0.1, 0.15) is 0 Å². The van der Waals surface area contributed by atoms with Crippen LogP contribution in [0.5, 0.6) is 0 Å². The van der Waals surface area contributed by atoms with E-state index in [1.165, 1.54) is 20.7 Å². The Morgan fingerprint density at radius 3 is 1.10 bits per heavy atom. The third kappa shape index (κ3) is 9.53. The van der Waals surface area contributed by atoms with Crippen molar-refractivity contribution >= 4 is 112 Å². The van der Waals surface area contributed by atoms with Crippen LogP contribution in [0.2, 0.25) is 0 Å². The van der Waals surface area contributed by atoms with E-state index in [1.807, 2.05) is 48.5 Å². The van der Waals surface area contributed by atoms with E-state index in [4.69, 9.17) is 0 Å². The Balaban J connectivity index is 0.971. The van der Waals surface area contributed by atoms with Crippen LogP contribution in [0.1, 0.15) is 15.9 Å². The maximum absolute atomic E-state index is 14.3. The van der Waals surface area contributed by atoms with Gasteiger partial charge in [-0.05, 0) is 0 Å². The van der Waals surface area contributed by atoms with Gasteiger partial charge in [0.2, 0.25) is 0 Å². The van der Waals surface area contributed by atoms with Crippen LogP contribution < -0.4 is 30.5 Å². The molecule has 14 aromatic carbocycles. The fraction of sp³-hybridized carbons (Fsp3) is 0. The Morgan fingerprint density at radius 1 is 0.264 bits per heavy atom. The molecule has 0 amide bonds. The number of benzene rings is 14. The summed E-state index contributed by atoms with van der Waals surface area (Å²) in [6, 6.07) is 131. The molecule has 432 valence electrons. The number of nitrogens with zero attached hydrogens (tertiary/aromatic N) is 4. The Morgan fingerprint density at radius 2 is 0.626 bits per heavy atom. The van der Waals surface area contributed by atoms with Gasteiger partial charge in [-0.25, -0.2) is 0 Å². The normalized spacial score (nSPS) is 11.7. The summed E-state index contributed by atoms with van der Waals surface area (Å²) in [6.07, 6.45) is 0. The summed E-state index contributed by atoms with van der Waals surface area (Å²) >= 11 is 0. The molecule has 0 bridgehead atoms. The number of carbonyl (C=O) groups is 1. The van der Waals surface area contributed by atoms with E-state index in [0.29, 0.717) is 11.1 Å². The van der Waals surface area contributed by atoms with Gasteiger partial charge in [-0.2, -0.15) is 0 Å². The fourth-order valence-corrected chi connectivity index (χ4v) is 19.8. The number of anilines is 6. The van der Waals surface area contributed by atoms with Crippen LogP contribution >= 0.6 is 0 Å². The number of fused-ring (bicyclic) bond motifs is 6. The number of carbonyl (C=O) groups excluding carboxylic acids is 1. The van der Waals surface area contributed by atoms with Gasteiger partial charge < -0.3 is 0 Å². The molecular formula is C85H61N4OSi-. The minimum absolute atomic E-state index is 0.00286. The zero-order valence-electron chi connectivity index (χ0n) is 49.9. The molecule has 0 spiro atoms. The van der Waals surface area contributed by atoms with Crippen LogP contribution in [-0.4, -0.2) is 23.0 Å². The Kier molecular flexibility index (Phi) is 14.0. The van der Waals surface area contributed by atoms with Crippen LogP contribution in [0.3, 0.4) is 0 Å². The van der Waals surface area contributed by atoms with E-state index >= 15 is 0 Å². The summed E-state index contributed by atoms with van der Waals surface area (Å²) in [4.78, 5) is 19.0. The molecule has 0 aliphatic heterocycles. The second-order valence-electron chi connectivity index (χ2n) is 23.4. The van der Waals surface area contributed by atoms with Gasteiger partial charge in [-0.1, -0.05) is 48.5 Å². The number of aromatic nitrogens is 2. The van der Waals surface area contributed by atoms with E-state index in [1.54, 1.807) is 0 Å². The van der Waals surface area contributed by atoms with Gasteiger partial charge in [0.05, 0.1) is 0 Å². The molecule has 0 saturated heterocycles. The van der Waals surface area contributed by atoms with E-state index in [-0.39, 0.29) is 5.78 Å². The molecule has 0 radical (unpaired) electrons. The molecule has 2 heterocycles. The predicted octanol–water partition coefficient (Wildman–Crippen LogP) is 18.8. The monoisotopic (exact) mass is 1180 g/mol. The van der Waals surface area contributed by atoms with Crippen LogP contribution in [0.25, 0.3) is 66.1 Å². The maximum atomic E-state index is 14.3. The second-order valence-corrected chi connectivity index (χ2v) is 27.8. The SMILES string of the molecule is O=C(c1ccccc1)c1ccccc1-c1ccc([SiH-](c2ccccc2)(c2ccccc2)c2ccc(-n3c4ccccc4c4cc(N(c5ccccc5)c5ccccc5)ccc43)c(-n3c4ccccc4c4cc(N(c5ccccc5)c5ccccc5)ccc43)c2)cc1. The second kappa shape index (κ2) is 23.4. The number of rotatable bonds is 15. The summed E-state index contributed by atoms with van der Waals surface area (Å²) in [5.74, 6) is 0.00286. The van der Waals surface area contributed by atoms with Crippen molar-refractivity contribution in [1.82, 2.24) is 9.13 Å². The van der Waals surface area contributed by atoms with Crippen molar-refractivity contribution in [3.63, 3.8) is 0 Å². The first-order valence-electron chi connectivity index (χ1n) is 31.2. The molecule has 0 fully saturated rings. The van der Waals surface area contributed by atoms with Crippen LogP contribution in [-0.2, 0) is 0 Å². The average Bonchev–Trinajstić information content (AvgIpc) is 1.43. The van der Waals surface area contributed by atoms with Crippen molar-refractivity contribution in [2.75, 3.05) is 9.80 Å². The van der Waals surface area contributed by atoms with Crippen molar-refractivity contribution in [2.45, 2.75) is 0 Å². The predicted molar refractivity (Wildman–Crippen MR) is 385 cm³/mol. The zero-order chi connectivity index (χ0) is 60.7. The topological polar surface area (TPSA) is 33.4 Å². The molecule has 16 aromatic rings. The number of para-hydroxylation sites is 6. The van der Waals surface area contributed by atoms with Gasteiger partial charge in [0.25, 0.3) is 0 Å². The molecule has 6 heteroatoms. The molecule has 0 atom stereocenters. The Bertz CT molecular complexity index is 5170. The van der Waals surface area contributed by atoms with Gasteiger partial charge in [-0.3, -0.25) is 0 Å². The van der Waals surface area contributed by atoms with E-state index in [9.17, 15) is 4.79 Å². The number of hydrogen-bond donors (Lipinski definition) is 0. The Labute approximate surface area is 530 Å². The Hall–Kier alpha value is -11.8. The molecule has 5 nitrogen and oxygen atoms in total. The molecule has 0 N–H and O–H groups in total. The molecule has 91 heavy (non-hydrogen) atoms. The van der Waals surface area contributed by atoms with Crippen LogP contribution in [0.15, 0.2) is 364 Å². The first-order chi connectivity index (χ1) is 45.1. The van der Waals surface area contributed by atoms with Gasteiger partial charge in [-0.15, -0.1) is 0 Å². The summed E-state index contributed by atoms with van der Waals surface area (Å²) in [5.41, 5.74) is 16.2. The van der Waals surface area contributed by atoms with E-state index in [2.05, 4.69) is 334 Å². The van der Waals surface area contributed by atoms with E-state index in [0.717, 1.165) is 100 Å².